The average Bonchev–Trinajstić information content (AvgIpc) is 2.36. The van der Waals surface area contributed by atoms with Crippen LogP contribution in [-0.4, -0.2) is 28.6 Å². The first-order valence-corrected chi connectivity index (χ1v) is 5.52. The fourth-order valence-corrected chi connectivity index (χ4v) is 1.33. The van der Waals surface area contributed by atoms with E-state index in [-0.39, 0.29) is 11.3 Å². The van der Waals surface area contributed by atoms with Crippen LogP contribution in [-0.2, 0) is 0 Å². The number of rotatable bonds is 5. The molecule has 0 radical (unpaired) electrons. The van der Waals surface area contributed by atoms with Crippen LogP contribution in [0.3, 0.4) is 0 Å². The first-order chi connectivity index (χ1) is 8.95. The van der Waals surface area contributed by atoms with Crippen molar-refractivity contribution in [2.75, 3.05) is 11.9 Å². The number of anilines is 1. The molecule has 0 unspecified atom stereocenters. The van der Waals surface area contributed by atoms with Gasteiger partial charge in [0, 0.05) is 12.6 Å². The number of nitro groups is 1. The maximum absolute atomic E-state index is 11.4. The highest BCUT2D eigenvalue weighted by Gasteiger charge is 2.18. The summed E-state index contributed by atoms with van der Waals surface area (Å²) >= 11 is 0. The Bertz CT molecular complexity index is 515. The number of nitro benzene ring substituents is 1. The molecule has 1 aromatic carbocycles. The van der Waals surface area contributed by atoms with Gasteiger partial charge in [0.25, 0.3) is 5.69 Å². The highest BCUT2D eigenvalue weighted by molar-refractivity contribution is 5.94. The number of carbonyl (C=O) groups is 2. The van der Waals surface area contributed by atoms with Crippen LogP contribution >= 0.6 is 0 Å². The quantitative estimate of drug-likeness (QED) is 0.555. The Morgan fingerprint density at radius 2 is 2.11 bits per heavy atom. The van der Waals surface area contributed by atoms with E-state index in [9.17, 15) is 19.7 Å². The molecule has 19 heavy (non-hydrogen) atoms. The van der Waals surface area contributed by atoms with Gasteiger partial charge in [0.05, 0.1) is 10.5 Å². The van der Waals surface area contributed by atoms with Crippen molar-refractivity contribution >= 4 is 23.4 Å². The van der Waals surface area contributed by atoms with Gasteiger partial charge in [-0.3, -0.25) is 10.1 Å². The minimum atomic E-state index is -1.27. The Labute approximate surface area is 108 Å². The number of hydrogen-bond acceptors (Lipinski definition) is 4. The highest BCUT2D eigenvalue weighted by atomic mass is 16.6. The van der Waals surface area contributed by atoms with E-state index >= 15 is 0 Å². The minimum Gasteiger partial charge on any atom is -0.478 e. The fraction of sp³-hybridized carbons (Fsp3) is 0.273. The van der Waals surface area contributed by atoms with E-state index in [0.717, 1.165) is 12.5 Å². The van der Waals surface area contributed by atoms with Gasteiger partial charge in [0.15, 0.2) is 0 Å². The van der Waals surface area contributed by atoms with E-state index in [4.69, 9.17) is 5.11 Å². The lowest BCUT2D eigenvalue weighted by Crippen LogP contribution is -2.29. The number of nitrogens with one attached hydrogen (secondary N) is 2. The Balaban J connectivity index is 2.97. The molecule has 0 bridgehead atoms. The summed E-state index contributed by atoms with van der Waals surface area (Å²) in [4.78, 5) is 32.2. The van der Waals surface area contributed by atoms with Crippen LogP contribution in [0.25, 0.3) is 0 Å². The standard InChI is InChI=1S/C11H13N3O5/c1-2-5-12-11(17)13-8-4-3-7(10(15)16)6-9(8)14(18)19/h3-4,6H,2,5H2,1H3,(H,15,16)(H2,12,13,17). The zero-order valence-electron chi connectivity index (χ0n) is 10.2. The Morgan fingerprint density at radius 3 is 2.63 bits per heavy atom. The van der Waals surface area contributed by atoms with Crippen LogP contribution in [0.15, 0.2) is 18.2 Å². The molecule has 0 aliphatic carbocycles. The molecule has 1 rings (SSSR count). The molecule has 0 saturated carbocycles. The second kappa shape index (κ2) is 6.34. The van der Waals surface area contributed by atoms with Crippen molar-refractivity contribution in [3.05, 3.63) is 33.9 Å². The Kier molecular flexibility index (Phi) is 4.81. The zero-order chi connectivity index (χ0) is 14.4. The first-order valence-electron chi connectivity index (χ1n) is 5.52. The third-order valence-corrected chi connectivity index (χ3v) is 2.23. The summed E-state index contributed by atoms with van der Waals surface area (Å²) in [6.45, 7) is 2.30. The van der Waals surface area contributed by atoms with Crippen LogP contribution in [0.1, 0.15) is 23.7 Å². The fourth-order valence-electron chi connectivity index (χ4n) is 1.33. The number of amides is 2. The summed E-state index contributed by atoms with van der Waals surface area (Å²) < 4.78 is 0. The molecule has 0 fully saturated rings. The molecule has 102 valence electrons. The Hall–Kier alpha value is -2.64. The van der Waals surface area contributed by atoms with Crippen LogP contribution in [0, 0.1) is 10.1 Å². The molecule has 0 aliphatic rings. The molecule has 0 heterocycles. The molecule has 0 atom stereocenters. The first kappa shape index (κ1) is 14.4. The normalized spacial score (nSPS) is 9.74. The topological polar surface area (TPSA) is 122 Å². The van der Waals surface area contributed by atoms with Gasteiger partial charge in [-0.25, -0.2) is 9.59 Å². The number of nitrogens with zero attached hydrogens (tertiary/aromatic N) is 1. The second-order valence-electron chi connectivity index (χ2n) is 3.68. The lowest BCUT2D eigenvalue weighted by atomic mass is 10.1. The third-order valence-electron chi connectivity index (χ3n) is 2.23. The average molecular weight is 267 g/mol. The van der Waals surface area contributed by atoms with Crippen molar-refractivity contribution in [2.45, 2.75) is 13.3 Å². The third kappa shape index (κ3) is 3.95. The molecule has 0 aliphatic heterocycles. The number of carboxylic acids is 1. The summed E-state index contributed by atoms with van der Waals surface area (Å²) in [6.07, 6.45) is 0.730. The summed E-state index contributed by atoms with van der Waals surface area (Å²) in [7, 11) is 0. The number of carboxylic acid groups (broad SMARTS) is 1. The SMILES string of the molecule is CCCNC(=O)Nc1ccc(C(=O)O)cc1[N+](=O)[O-]. The molecule has 0 saturated heterocycles. The molecule has 8 nitrogen and oxygen atoms in total. The molecule has 0 spiro atoms. The smallest absolute Gasteiger partial charge is 0.335 e. The van der Waals surface area contributed by atoms with Crippen molar-refractivity contribution in [3.63, 3.8) is 0 Å². The van der Waals surface area contributed by atoms with E-state index in [1.807, 2.05) is 6.92 Å². The summed E-state index contributed by atoms with van der Waals surface area (Å²) in [5.41, 5.74) is -0.735. The predicted molar refractivity (Wildman–Crippen MR) is 67.4 cm³/mol. The Morgan fingerprint density at radius 1 is 1.42 bits per heavy atom. The second-order valence-corrected chi connectivity index (χ2v) is 3.68. The number of hydrogen-bond donors (Lipinski definition) is 3. The largest absolute Gasteiger partial charge is 0.478 e. The van der Waals surface area contributed by atoms with E-state index in [1.165, 1.54) is 12.1 Å². The van der Waals surface area contributed by atoms with E-state index in [2.05, 4.69) is 10.6 Å². The van der Waals surface area contributed by atoms with E-state index in [1.54, 1.807) is 0 Å². The lowest BCUT2D eigenvalue weighted by molar-refractivity contribution is -0.383. The molecule has 8 heteroatoms. The molecular formula is C11H13N3O5. The molecule has 3 N–H and O–H groups in total. The van der Waals surface area contributed by atoms with Crippen molar-refractivity contribution in [3.8, 4) is 0 Å². The predicted octanol–water partition coefficient (Wildman–Crippen LogP) is 1.82. The summed E-state index contributed by atoms with van der Waals surface area (Å²) in [5.74, 6) is -1.27. The maximum atomic E-state index is 11.4. The van der Waals surface area contributed by atoms with Gasteiger partial charge >= 0.3 is 12.0 Å². The number of benzene rings is 1. The monoisotopic (exact) mass is 267 g/mol. The van der Waals surface area contributed by atoms with Crippen molar-refractivity contribution in [1.82, 2.24) is 5.32 Å². The van der Waals surface area contributed by atoms with Crippen molar-refractivity contribution in [1.29, 1.82) is 0 Å². The van der Waals surface area contributed by atoms with Crippen LogP contribution in [0.5, 0.6) is 0 Å². The highest BCUT2D eigenvalue weighted by Crippen LogP contribution is 2.25. The molecule has 2 amide bonds. The van der Waals surface area contributed by atoms with Gasteiger partial charge in [0.1, 0.15) is 5.69 Å². The summed E-state index contributed by atoms with van der Waals surface area (Å²) in [6, 6.07) is 2.70. The van der Waals surface area contributed by atoms with Crippen LogP contribution in [0.2, 0.25) is 0 Å². The zero-order valence-corrected chi connectivity index (χ0v) is 10.2. The van der Waals surface area contributed by atoms with Gasteiger partial charge in [-0.2, -0.15) is 0 Å². The maximum Gasteiger partial charge on any atom is 0.335 e. The molecule has 1 aromatic rings. The van der Waals surface area contributed by atoms with Gasteiger partial charge in [-0.05, 0) is 18.6 Å². The summed E-state index contributed by atoms with van der Waals surface area (Å²) in [5, 5.41) is 24.4. The van der Waals surface area contributed by atoms with E-state index < -0.39 is 22.6 Å². The van der Waals surface area contributed by atoms with Crippen LogP contribution < -0.4 is 10.6 Å². The number of urea groups is 1. The van der Waals surface area contributed by atoms with Crippen molar-refractivity contribution < 1.29 is 19.6 Å². The van der Waals surface area contributed by atoms with Gasteiger partial charge < -0.3 is 15.7 Å². The van der Waals surface area contributed by atoms with Gasteiger partial charge in [0.2, 0.25) is 0 Å². The lowest BCUT2D eigenvalue weighted by Gasteiger charge is -2.07. The van der Waals surface area contributed by atoms with Crippen molar-refractivity contribution in [2.24, 2.45) is 0 Å². The van der Waals surface area contributed by atoms with E-state index in [0.29, 0.717) is 6.54 Å². The molecular weight excluding hydrogens is 254 g/mol. The van der Waals surface area contributed by atoms with Gasteiger partial charge in [-0.15, -0.1) is 0 Å². The van der Waals surface area contributed by atoms with Gasteiger partial charge in [-0.1, -0.05) is 6.92 Å². The minimum absolute atomic E-state index is 0.0522. The number of aromatic carboxylic acids is 1. The number of carbonyl (C=O) groups excluding carboxylic acids is 1. The van der Waals surface area contributed by atoms with Crippen LogP contribution in [0.4, 0.5) is 16.2 Å². The molecule has 0 aromatic heterocycles.